The van der Waals surface area contributed by atoms with Crippen molar-refractivity contribution in [1.82, 2.24) is 19.9 Å². The van der Waals surface area contributed by atoms with Crippen molar-refractivity contribution < 1.29 is 5.11 Å². The first-order valence-electron chi connectivity index (χ1n) is 11.6. The van der Waals surface area contributed by atoms with Crippen LogP contribution in [0.4, 0.5) is 11.4 Å². The number of aliphatic hydroxyl groups is 1. The van der Waals surface area contributed by atoms with E-state index >= 15 is 0 Å². The number of rotatable bonds is 4. The number of H-pyrrole nitrogens is 2. The zero-order valence-electron chi connectivity index (χ0n) is 18.6. The fourth-order valence-electron chi connectivity index (χ4n) is 5.05. The van der Waals surface area contributed by atoms with E-state index in [9.17, 15) is 9.90 Å². The molecule has 1 saturated carbocycles. The van der Waals surface area contributed by atoms with Gasteiger partial charge in [0.15, 0.2) is 0 Å². The van der Waals surface area contributed by atoms with Crippen LogP contribution >= 0.6 is 11.3 Å². The summed E-state index contributed by atoms with van der Waals surface area (Å²) < 4.78 is 1.00. The molecule has 2 aliphatic rings. The summed E-state index contributed by atoms with van der Waals surface area (Å²) in [7, 11) is 2.15. The maximum absolute atomic E-state index is 13.2. The summed E-state index contributed by atoms with van der Waals surface area (Å²) in [4.78, 5) is 29.2. The molecule has 0 bridgehead atoms. The number of anilines is 2. The van der Waals surface area contributed by atoms with Crippen LogP contribution in [0.2, 0.25) is 0 Å². The van der Waals surface area contributed by atoms with Crippen LogP contribution in [0.5, 0.6) is 0 Å². The molecule has 2 atom stereocenters. The minimum atomic E-state index is -0.286. The number of fused-ring (bicyclic) bond motifs is 2. The highest BCUT2D eigenvalue weighted by atomic mass is 32.1. The summed E-state index contributed by atoms with van der Waals surface area (Å²) in [6.07, 6.45) is 2.07. The number of pyridine rings is 1. The average Bonchev–Trinajstić information content (AvgIpc) is 3.53. The lowest BCUT2D eigenvalue weighted by Crippen LogP contribution is -2.44. The van der Waals surface area contributed by atoms with Crippen LogP contribution in [0.25, 0.3) is 32.6 Å². The summed E-state index contributed by atoms with van der Waals surface area (Å²) in [6.45, 7) is 4.10. The Kier molecular flexibility index (Phi) is 5.12. The van der Waals surface area contributed by atoms with Crippen molar-refractivity contribution in [1.29, 1.82) is 0 Å². The number of hydrogen-bond donors (Lipinski definition) is 4. The number of aliphatic hydroxyl groups excluding tert-OH is 1. The van der Waals surface area contributed by atoms with Crippen LogP contribution in [-0.2, 0) is 0 Å². The Bertz CT molecular complexity index is 1370. The van der Waals surface area contributed by atoms with E-state index in [1.807, 2.05) is 17.5 Å². The molecule has 0 spiro atoms. The third kappa shape index (κ3) is 3.80. The van der Waals surface area contributed by atoms with Crippen LogP contribution in [0.1, 0.15) is 19.3 Å². The molecule has 4 heterocycles. The molecule has 1 saturated heterocycles. The van der Waals surface area contributed by atoms with E-state index in [0.29, 0.717) is 17.8 Å². The second-order valence-electron chi connectivity index (χ2n) is 9.25. The predicted molar refractivity (Wildman–Crippen MR) is 135 cm³/mol. The normalized spacial score (nSPS) is 21.9. The molecule has 1 aromatic carbocycles. The molecule has 1 unspecified atom stereocenters. The number of aromatic nitrogens is 3. The summed E-state index contributed by atoms with van der Waals surface area (Å²) in [6, 6.07) is 8.35. The number of aromatic amines is 2. The molecule has 4 aromatic rings. The van der Waals surface area contributed by atoms with Crippen LogP contribution in [0, 0.1) is 0 Å². The number of benzene rings is 1. The quantitative estimate of drug-likeness (QED) is 0.370. The lowest BCUT2D eigenvalue weighted by atomic mass is 10.1. The minimum Gasteiger partial charge on any atom is -0.393 e. The highest BCUT2D eigenvalue weighted by molar-refractivity contribution is 7.17. The van der Waals surface area contributed by atoms with Gasteiger partial charge in [0, 0.05) is 37.9 Å². The van der Waals surface area contributed by atoms with Gasteiger partial charge in [-0.25, -0.2) is 4.98 Å². The number of nitrogens with one attached hydrogen (secondary N) is 3. The lowest BCUT2D eigenvalue weighted by molar-refractivity contribution is 0.182. The van der Waals surface area contributed by atoms with Gasteiger partial charge in [0.25, 0.3) is 5.56 Å². The van der Waals surface area contributed by atoms with Gasteiger partial charge in [-0.05, 0) is 56.0 Å². The maximum atomic E-state index is 13.2. The second-order valence-corrected chi connectivity index (χ2v) is 10.2. The summed E-state index contributed by atoms with van der Waals surface area (Å²) in [5.74, 6) is 0.568. The molecule has 0 radical (unpaired) electrons. The topological polar surface area (TPSA) is 100 Å². The van der Waals surface area contributed by atoms with E-state index in [2.05, 4.69) is 44.3 Å². The Labute approximate surface area is 195 Å². The molecule has 1 aliphatic heterocycles. The first-order valence-corrected chi connectivity index (χ1v) is 12.4. The highest BCUT2D eigenvalue weighted by Gasteiger charge is 2.26. The number of piperazine rings is 1. The number of likely N-dealkylation sites (N-methyl/N-ethyl adjacent to an activating group) is 1. The van der Waals surface area contributed by atoms with Gasteiger partial charge in [-0.1, -0.05) is 0 Å². The van der Waals surface area contributed by atoms with E-state index in [4.69, 9.17) is 4.98 Å². The summed E-state index contributed by atoms with van der Waals surface area (Å²) >= 11 is 1.60. The standard InChI is InChI=1S/C24H28N6O2S/c1-29-7-9-30(10-8-29)15-3-5-17-19(13-15)27-23(26-17)20-21(25-14-2-4-16(31)12-14)22-18(6-11-33-22)28-24(20)32/h3,5-6,11,13-14,16,31H,2,4,7-10,12H2,1H3,(H,26,27)(H2,25,28,32)/t14-,16?/m1/s1. The van der Waals surface area contributed by atoms with Crippen molar-refractivity contribution >= 4 is 44.0 Å². The Morgan fingerprint density at radius 2 is 1.97 bits per heavy atom. The zero-order valence-corrected chi connectivity index (χ0v) is 19.4. The minimum absolute atomic E-state index is 0.138. The fraction of sp³-hybridized carbons (Fsp3) is 0.417. The van der Waals surface area contributed by atoms with E-state index in [-0.39, 0.29) is 17.7 Å². The van der Waals surface area contributed by atoms with Gasteiger partial charge in [-0.15, -0.1) is 11.3 Å². The van der Waals surface area contributed by atoms with Crippen molar-refractivity contribution in [3.05, 3.63) is 40.0 Å². The van der Waals surface area contributed by atoms with Gasteiger partial charge in [-0.2, -0.15) is 0 Å². The van der Waals surface area contributed by atoms with Gasteiger partial charge in [-0.3, -0.25) is 4.79 Å². The molecule has 3 aromatic heterocycles. The van der Waals surface area contributed by atoms with Gasteiger partial charge < -0.3 is 30.2 Å². The van der Waals surface area contributed by atoms with Crippen LogP contribution < -0.4 is 15.8 Å². The molecule has 1 aliphatic carbocycles. The lowest BCUT2D eigenvalue weighted by Gasteiger charge is -2.34. The van der Waals surface area contributed by atoms with Crippen LogP contribution in [-0.4, -0.2) is 70.3 Å². The first kappa shape index (κ1) is 20.7. The number of nitrogens with zero attached hydrogens (tertiary/aromatic N) is 3. The SMILES string of the molecule is CN1CCN(c2ccc3nc(-c4c(N[C@@H]5CCC(O)C5)c5sccc5[nH]c4=O)[nH]c3c2)CC1. The van der Waals surface area contributed by atoms with E-state index in [1.54, 1.807) is 11.3 Å². The molecular weight excluding hydrogens is 436 g/mol. The van der Waals surface area contributed by atoms with Crippen LogP contribution in [0.3, 0.4) is 0 Å². The smallest absolute Gasteiger partial charge is 0.261 e. The zero-order chi connectivity index (χ0) is 22.5. The molecule has 2 fully saturated rings. The highest BCUT2D eigenvalue weighted by Crippen LogP contribution is 2.36. The second kappa shape index (κ2) is 8.16. The Balaban J connectivity index is 1.42. The number of hydrogen-bond acceptors (Lipinski definition) is 7. The maximum Gasteiger partial charge on any atom is 0.261 e. The molecular formula is C24H28N6O2S. The largest absolute Gasteiger partial charge is 0.393 e. The van der Waals surface area contributed by atoms with Crippen molar-refractivity contribution in [3.8, 4) is 11.4 Å². The predicted octanol–water partition coefficient (Wildman–Crippen LogP) is 3.21. The van der Waals surface area contributed by atoms with Gasteiger partial charge >= 0.3 is 0 Å². The fourth-order valence-corrected chi connectivity index (χ4v) is 5.91. The summed E-state index contributed by atoms with van der Waals surface area (Å²) in [5.41, 5.74) is 4.94. The summed E-state index contributed by atoms with van der Waals surface area (Å²) in [5, 5.41) is 15.6. The van der Waals surface area contributed by atoms with E-state index < -0.39 is 0 Å². The van der Waals surface area contributed by atoms with Crippen molar-refractivity contribution in [2.45, 2.75) is 31.4 Å². The van der Waals surface area contributed by atoms with Crippen molar-refractivity contribution in [2.24, 2.45) is 0 Å². The van der Waals surface area contributed by atoms with Crippen molar-refractivity contribution in [3.63, 3.8) is 0 Å². The third-order valence-electron chi connectivity index (χ3n) is 6.94. The molecule has 33 heavy (non-hydrogen) atoms. The molecule has 0 amide bonds. The Morgan fingerprint density at radius 1 is 1.12 bits per heavy atom. The molecule has 9 heteroatoms. The average molecular weight is 465 g/mol. The molecule has 8 nitrogen and oxygen atoms in total. The monoisotopic (exact) mass is 464 g/mol. The number of thiophene rings is 1. The van der Waals surface area contributed by atoms with Gasteiger partial charge in [0.1, 0.15) is 11.4 Å². The van der Waals surface area contributed by atoms with E-state index in [0.717, 1.165) is 66.0 Å². The molecule has 172 valence electrons. The van der Waals surface area contributed by atoms with Gasteiger partial charge in [0.05, 0.1) is 33.0 Å². The molecule has 6 rings (SSSR count). The Hall–Kier alpha value is -2.88. The van der Waals surface area contributed by atoms with Crippen molar-refractivity contribution in [2.75, 3.05) is 43.4 Å². The first-order chi connectivity index (χ1) is 16.0. The molecule has 4 N–H and O–H groups in total. The number of imidazole rings is 1. The Morgan fingerprint density at radius 3 is 2.76 bits per heavy atom. The van der Waals surface area contributed by atoms with Gasteiger partial charge in [0.2, 0.25) is 0 Å². The van der Waals surface area contributed by atoms with Crippen LogP contribution in [0.15, 0.2) is 34.4 Å². The van der Waals surface area contributed by atoms with E-state index in [1.165, 1.54) is 5.69 Å². The third-order valence-corrected chi connectivity index (χ3v) is 7.87.